The Hall–Kier alpha value is -5.12. The minimum absolute atomic E-state index is 0.0586. The summed E-state index contributed by atoms with van der Waals surface area (Å²) >= 11 is 0. The maximum atomic E-state index is 14.5. The highest BCUT2D eigenvalue weighted by Crippen LogP contribution is 2.55. The number of carbonyl (C=O) groups excluding carboxylic acids is 3. The van der Waals surface area contributed by atoms with Crippen LogP contribution in [0.2, 0.25) is 0 Å². The molecule has 1 amide bonds. The van der Waals surface area contributed by atoms with Crippen LogP contribution in [0.1, 0.15) is 109 Å². The first-order valence-electron chi connectivity index (χ1n) is 21.1. The highest BCUT2D eigenvalue weighted by atomic mass is 16.7. The van der Waals surface area contributed by atoms with Crippen molar-refractivity contribution in [1.29, 1.82) is 0 Å². The molecule has 0 radical (unpaired) electrons. The van der Waals surface area contributed by atoms with Crippen molar-refractivity contribution in [2.45, 2.75) is 125 Å². The number of hydrazone groups is 1. The third-order valence-electron chi connectivity index (χ3n) is 11.9. The minimum Gasteiger partial charge on any atom is -0.507 e. The van der Waals surface area contributed by atoms with Crippen LogP contribution >= 0.6 is 0 Å². The van der Waals surface area contributed by atoms with Gasteiger partial charge in [0.25, 0.3) is 11.7 Å². The average molecular weight is 852 g/mol. The number of fused-ring (bicyclic) bond motifs is 14. The number of amides is 1. The fourth-order valence-electron chi connectivity index (χ4n) is 7.92. The fourth-order valence-corrected chi connectivity index (χ4v) is 7.92. The summed E-state index contributed by atoms with van der Waals surface area (Å²) in [5, 5.41) is 67.3. The number of phenolic OH excluding ortho intramolecular Hbond substituents is 3. The van der Waals surface area contributed by atoms with Crippen LogP contribution in [0.15, 0.2) is 41.2 Å². The van der Waals surface area contributed by atoms with Gasteiger partial charge in [-0.05, 0) is 32.8 Å². The number of ether oxygens (including phenoxy) is 4. The number of aromatic hydroxyl groups is 3. The zero-order chi connectivity index (χ0) is 45.5. The number of aliphatic hydroxyl groups excluding tert-OH is 2. The van der Waals surface area contributed by atoms with Gasteiger partial charge in [-0.25, -0.2) is 0 Å². The molecule has 0 aliphatic carbocycles. The van der Waals surface area contributed by atoms with Gasteiger partial charge in [-0.15, -0.1) is 0 Å². The molecule has 0 saturated carbocycles. The second-order valence-electron chi connectivity index (χ2n) is 16.5. The number of carbonyl (C=O) groups is 3. The van der Waals surface area contributed by atoms with Crippen molar-refractivity contribution in [2.24, 2.45) is 28.8 Å². The van der Waals surface area contributed by atoms with Crippen molar-refractivity contribution >= 4 is 40.3 Å². The van der Waals surface area contributed by atoms with Gasteiger partial charge in [-0.2, -0.15) is 5.10 Å². The molecule has 6 N–H and O–H groups in total. The summed E-state index contributed by atoms with van der Waals surface area (Å²) in [6.07, 6.45) is 8.39. The Morgan fingerprint density at radius 2 is 1.57 bits per heavy atom. The number of nitrogens with one attached hydrogen (secondary N) is 1. The molecule has 336 valence electrons. The molecule has 0 fully saturated rings. The summed E-state index contributed by atoms with van der Waals surface area (Å²) in [6.45, 7) is 17.9. The molecule has 5 bridgehead atoms. The number of hydrogen-bond donors (Lipinski definition) is 6. The molecule has 61 heavy (non-hydrogen) atoms. The van der Waals surface area contributed by atoms with E-state index in [1.165, 1.54) is 59.4 Å². The molecule has 0 aromatic heterocycles. The van der Waals surface area contributed by atoms with Crippen LogP contribution < -0.4 is 10.1 Å². The number of rotatable bonds is 10. The molecule has 5 rings (SSSR count). The van der Waals surface area contributed by atoms with Crippen LogP contribution in [-0.2, 0) is 23.8 Å². The molecule has 3 heterocycles. The SMILES string of the molecule is CCCCN(CCCC)/N=C/c1c2c(O)c3c(O)c(C)c4c(c3c1O)C(=O)[C@@](C)(O/C=C/[C@H](OC)[C@@H](C)[C@@H](OC(C)=O)[C@H](C)[C@H](O)[C@H](C)[C@@H](O)[C@@H](C)/C=C/C=C(/C)C(=O)N2)O4. The third kappa shape index (κ3) is 10.3. The van der Waals surface area contributed by atoms with Crippen LogP contribution in [0.25, 0.3) is 10.8 Å². The molecule has 0 spiro atoms. The number of phenols is 3. The number of nitrogens with zero attached hydrogens (tertiary/aromatic N) is 2. The van der Waals surface area contributed by atoms with Gasteiger partial charge < -0.3 is 49.8 Å². The van der Waals surface area contributed by atoms with Crippen molar-refractivity contribution in [1.82, 2.24) is 5.01 Å². The van der Waals surface area contributed by atoms with Gasteiger partial charge in [0.1, 0.15) is 23.4 Å². The lowest BCUT2D eigenvalue weighted by Crippen LogP contribution is -2.46. The van der Waals surface area contributed by atoms with E-state index in [2.05, 4.69) is 24.3 Å². The van der Waals surface area contributed by atoms with Gasteiger partial charge in [0.05, 0.1) is 53.0 Å². The van der Waals surface area contributed by atoms with E-state index in [1.807, 2.05) is 5.01 Å². The molecule has 3 aliphatic heterocycles. The second-order valence-corrected chi connectivity index (χ2v) is 16.5. The standard InChI is InChI=1S/C46H65N3O12/c1-12-14-20-49(21-15-13-2)47-23-31-36-41(55)34-33(40(31)54)35-43(29(8)39(34)53)61-46(10,44(35)56)59-22-19-32(58-11)26(5)42(60-30(9)50)28(7)38(52)27(6)37(51)24(3)17-16-18-25(4)45(57)48-36/h16-19,22-24,26-28,32,37-38,42,51-55H,12-15,20-21H2,1-11H3,(H,48,57)/b17-16+,22-19+,25-18-,47-23+/t24-,26+,27+,28+,32-,37-,38+,42+,46-/m0/s1. The zero-order valence-corrected chi connectivity index (χ0v) is 37.3. The summed E-state index contributed by atoms with van der Waals surface area (Å²) in [5.41, 5.74) is -0.326. The van der Waals surface area contributed by atoms with Crippen LogP contribution in [0.4, 0.5) is 5.69 Å². The molecule has 0 saturated heterocycles. The summed E-state index contributed by atoms with van der Waals surface area (Å²) in [5.74, 6) is -8.32. The first kappa shape index (κ1) is 48.5. The topological polar surface area (TPSA) is 217 Å². The Morgan fingerprint density at radius 3 is 2.16 bits per heavy atom. The summed E-state index contributed by atoms with van der Waals surface area (Å²) in [7, 11) is 1.44. The van der Waals surface area contributed by atoms with Crippen LogP contribution in [0.3, 0.4) is 0 Å². The molecule has 2 aromatic carbocycles. The Labute approximate surface area is 358 Å². The number of methoxy groups -OCH3 is 1. The molecule has 9 atom stereocenters. The molecular weight excluding hydrogens is 787 g/mol. The maximum Gasteiger partial charge on any atom is 0.312 e. The summed E-state index contributed by atoms with van der Waals surface area (Å²) in [4.78, 5) is 40.7. The smallest absolute Gasteiger partial charge is 0.312 e. The van der Waals surface area contributed by atoms with Gasteiger partial charge in [0.2, 0.25) is 0 Å². The first-order valence-corrected chi connectivity index (χ1v) is 21.1. The van der Waals surface area contributed by atoms with Gasteiger partial charge in [0.15, 0.2) is 5.75 Å². The van der Waals surface area contributed by atoms with Crippen molar-refractivity contribution in [2.75, 3.05) is 25.5 Å². The second kappa shape index (κ2) is 20.6. The molecular formula is C46H65N3O12. The largest absolute Gasteiger partial charge is 0.507 e. The van der Waals surface area contributed by atoms with Crippen molar-refractivity contribution in [3.8, 4) is 23.0 Å². The third-order valence-corrected chi connectivity index (χ3v) is 11.9. The lowest BCUT2D eigenvalue weighted by Gasteiger charge is -2.38. The number of allylic oxidation sites excluding steroid dienone is 2. The lowest BCUT2D eigenvalue weighted by molar-refractivity contribution is -0.160. The normalized spacial score (nSPS) is 29.5. The maximum absolute atomic E-state index is 14.5. The van der Waals surface area contributed by atoms with Crippen molar-refractivity contribution < 1.29 is 58.9 Å². The van der Waals surface area contributed by atoms with Gasteiger partial charge in [-0.1, -0.05) is 72.6 Å². The number of Topliss-reactive ketones (excluding diaryl/α,β-unsaturated/α-hetero) is 1. The summed E-state index contributed by atoms with van der Waals surface area (Å²) < 4.78 is 23.7. The number of anilines is 1. The van der Waals surface area contributed by atoms with Crippen LogP contribution in [-0.4, -0.2) is 105 Å². The Balaban J connectivity index is 1.99. The van der Waals surface area contributed by atoms with Crippen LogP contribution in [0.5, 0.6) is 23.0 Å². The molecule has 3 aliphatic rings. The monoisotopic (exact) mass is 851 g/mol. The highest BCUT2D eigenvalue weighted by molar-refractivity contribution is 6.23. The Bertz CT molecular complexity index is 2050. The number of ketones is 1. The number of hydrogen-bond acceptors (Lipinski definition) is 14. The quantitative estimate of drug-likeness (QED) is 0.0468. The summed E-state index contributed by atoms with van der Waals surface area (Å²) in [6, 6.07) is 0. The molecule has 2 aromatic rings. The van der Waals surface area contributed by atoms with Crippen molar-refractivity contribution in [3.05, 3.63) is 52.8 Å². The lowest BCUT2D eigenvalue weighted by atomic mass is 9.78. The number of unbranched alkanes of at least 4 members (excludes halogenated alkanes) is 2. The number of aliphatic hydroxyl groups is 2. The van der Waals surface area contributed by atoms with Crippen LogP contribution in [0, 0.1) is 30.6 Å². The van der Waals surface area contributed by atoms with E-state index >= 15 is 0 Å². The number of benzene rings is 2. The number of esters is 1. The van der Waals surface area contributed by atoms with E-state index in [1.54, 1.807) is 39.8 Å². The zero-order valence-electron chi connectivity index (χ0n) is 37.3. The van der Waals surface area contributed by atoms with Gasteiger partial charge >= 0.3 is 11.8 Å². The van der Waals surface area contributed by atoms with E-state index in [4.69, 9.17) is 18.9 Å². The van der Waals surface area contributed by atoms with E-state index in [0.29, 0.717) is 13.1 Å². The molecule has 15 heteroatoms. The Morgan fingerprint density at radius 1 is 0.934 bits per heavy atom. The average Bonchev–Trinajstić information content (AvgIpc) is 3.49. The fraction of sp³-hybridized carbons (Fsp3) is 0.565. The molecule has 0 unspecified atom stereocenters. The molecule has 15 nitrogen and oxygen atoms in total. The highest BCUT2D eigenvalue weighted by Gasteiger charge is 2.50. The minimum atomic E-state index is -2.05. The predicted octanol–water partition coefficient (Wildman–Crippen LogP) is 6.99. The van der Waals surface area contributed by atoms with Gasteiger partial charge in [-0.3, -0.25) is 19.4 Å². The Kier molecular flexibility index (Phi) is 16.4. The van der Waals surface area contributed by atoms with Gasteiger partial charge in [0, 0.05) is 74.2 Å². The van der Waals surface area contributed by atoms with E-state index in [0.717, 1.165) is 25.7 Å². The van der Waals surface area contributed by atoms with Crippen molar-refractivity contribution in [3.63, 3.8) is 0 Å². The predicted molar refractivity (Wildman–Crippen MR) is 233 cm³/mol. The first-order chi connectivity index (χ1) is 28.8. The van der Waals surface area contributed by atoms with E-state index < -0.39 is 88.8 Å². The van der Waals surface area contributed by atoms with E-state index in [9.17, 15) is 39.9 Å². The van der Waals surface area contributed by atoms with E-state index in [-0.39, 0.29) is 44.5 Å².